The first-order valence-electron chi connectivity index (χ1n) is 16.3. The summed E-state index contributed by atoms with van der Waals surface area (Å²) in [6.45, 7) is 17.3. The van der Waals surface area contributed by atoms with Crippen molar-refractivity contribution < 1.29 is 24.5 Å². The Hall–Kier alpha value is -4.44. The van der Waals surface area contributed by atoms with Gasteiger partial charge in [0, 0.05) is 42.9 Å². The molecule has 0 saturated heterocycles. The summed E-state index contributed by atoms with van der Waals surface area (Å²) in [6.07, 6.45) is 1.87. The zero-order valence-corrected chi connectivity index (χ0v) is 31.3. The molecular formula is C43H41IrN3O-2. The summed E-state index contributed by atoms with van der Waals surface area (Å²) in [6, 6.07) is 35.5. The van der Waals surface area contributed by atoms with Gasteiger partial charge in [-0.2, -0.15) is 0 Å². The van der Waals surface area contributed by atoms with Crippen LogP contribution in [0.2, 0.25) is 0 Å². The van der Waals surface area contributed by atoms with Gasteiger partial charge in [0.25, 0.3) is 0 Å². The summed E-state index contributed by atoms with van der Waals surface area (Å²) in [5, 5.41) is 2.06. The zero-order valence-electron chi connectivity index (χ0n) is 28.9. The predicted octanol–water partition coefficient (Wildman–Crippen LogP) is 11.5. The van der Waals surface area contributed by atoms with Gasteiger partial charge in [0.15, 0.2) is 0 Å². The molecule has 3 aromatic carbocycles. The van der Waals surface area contributed by atoms with Crippen LogP contribution in [0.4, 0.5) is 0 Å². The molecule has 0 bridgehead atoms. The topological polar surface area (TPSA) is 51.8 Å². The number of nitrogens with zero attached hydrogens (tertiary/aromatic N) is 3. The molecule has 0 spiro atoms. The molecule has 4 heterocycles. The molecule has 0 unspecified atom stereocenters. The Morgan fingerprint density at radius 1 is 0.667 bits per heavy atom. The molecule has 4 nitrogen and oxygen atoms in total. The molecule has 4 aromatic heterocycles. The van der Waals surface area contributed by atoms with E-state index in [1.54, 1.807) is 0 Å². The second-order valence-electron chi connectivity index (χ2n) is 12.9. The maximum absolute atomic E-state index is 6.43. The first kappa shape index (κ1) is 34.9. The van der Waals surface area contributed by atoms with Crippen molar-refractivity contribution in [2.45, 2.75) is 67.2 Å². The normalized spacial score (nSPS) is 11.1. The molecule has 5 heteroatoms. The standard InChI is InChI=1S/C31H31N2O.C12H10N.Ir/c1-17(2)22-10-8-11-23(18(3)4)29(22)27-15-14-25-24-12-9-13-26(30(24)34-31(25)33-27)28-16-19(5)20(6)21(7)32-28;1-10-7-8-12(13-9-10)11-5-3-2-4-6-11;/h8-12,14-18H,1-7H3;2-5,7-9H,1H3;/q2*-1;. The average Bonchev–Trinajstić information content (AvgIpc) is 3.45. The number of hydrogen-bond acceptors (Lipinski definition) is 4. The number of hydrogen-bond donors (Lipinski definition) is 0. The summed E-state index contributed by atoms with van der Waals surface area (Å²) in [4.78, 5) is 14.2. The molecule has 7 aromatic rings. The van der Waals surface area contributed by atoms with Crippen LogP contribution in [0.15, 0.2) is 95.5 Å². The second-order valence-corrected chi connectivity index (χ2v) is 12.9. The van der Waals surface area contributed by atoms with Gasteiger partial charge >= 0.3 is 0 Å². The minimum atomic E-state index is 0. The molecule has 0 atom stereocenters. The third-order valence-corrected chi connectivity index (χ3v) is 8.86. The smallest absolute Gasteiger partial charge is 0.216 e. The van der Waals surface area contributed by atoms with E-state index in [0.29, 0.717) is 17.5 Å². The van der Waals surface area contributed by atoms with Gasteiger partial charge in [0.05, 0.1) is 11.3 Å². The van der Waals surface area contributed by atoms with Crippen molar-refractivity contribution in [2.24, 2.45) is 0 Å². The Bertz CT molecular complexity index is 2130. The summed E-state index contributed by atoms with van der Waals surface area (Å²) < 4.78 is 6.43. The van der Waals surface area contributed by atoms with Gasteiger partial charge in [0.2, 0.25) is 5.71 Å². The first-order chi connectivity index (χ1) is 22.6. The minimum absolute atomic E-state index is 0. The number of rotatable bonds is 5. The SMILES string of the molecule is Cc1cc(-c2[c-]ccc3c2oc2nc(-c4c(C(C)C)cccc4C(C)C)ccc23)nc(C)c1C.Cc1ccc(-c2[c-]cccc2)nc1.[Ir]. The fourth-order valence-corrected chi connectivity index (χ4v) is 6.00. The molecule has 48 heavy (non-hydrogen) atoms. The van der Waals surface area contributed by atoms with Crippen LogP contribution in [-0.4, -0.2) is 15.0 Å². The predicted molar refractivity (Wildman–Crippen MR) is 195 cm³/mol. The number of aromatic nitrogens is 3. The molecular weight excluding hydrogens is 767 g/mol. The largest absolute Gasteiger partial charge is 0.486 e. The monoisotopic (exact) mass is 808 g/mol. The second kappa shape index (κ2) is 14.8. The van der Waals surface area contributed by atoms with Crippen LogP contribution in [0.25, 0.3) is 55.8 Å². The Morgan fingerprint density at radius 2 is 1.40 bits per heavy atom. The first-order valence-corrected chi connectivity index (χ1v) is 16.3. The van der Waals surface area contributed by atoms with Crippen LogP contribution >= 0.6 is 0 Å². The number of benzene rings is 3. The van der Waals surface area contributed by atoms with Crippen molar-refractivity contribution in [2.75, 3.05) is 0 Å². The fraction of sp³-hybridized carbons (Fsp3) is 0.233. The molecule has 0 aliphatic carbocycles. The van der Waals surface area contributed by atoms with Crippen LogP contribution in [0.3, 0.4) is 0 Å². The maximum atomic E-state index is 6.43. The maximum Gasteiger partial charge on any atom is 0.216 e. The van der Waals surface area contributed by atoms with E-state index in [-0.39, 0.29) is 20.1 Å². The average molecular weight is 808 g/mol. The quantitative estimate of drug-likeness (QED) is 0.163. The fourth-order valence-electron chi connectivity index (χ4n) is 6.00. The molecule has 1 radical (unpaired) electrons. The number of pyridine rings is 3. The van der Waals surface area contributed by atoms with Gasteiger partial charge in [-0.25, -0.2) is 4.98 Å². The third-order valence-electron chi connectivity index (χ3n) is 8.86. The van der Waals surface area contributed by atoms with E-state index in [2.05, 4.69) is 114 Å². The molecule has 245 valence electrons. The summed E-state index contributed by atoms with van der Waals surface area (Å²) in [5.74, 6) is 0.810. The molecule has 0 aliphatic rings. The van der Waals surface area contributed by atoms with Crippen LogP contribution in [0, 0.1) is 39.8 Å². The Labute approximate surface area is 298 Å². The van der Waals surface area contributed by atoms with Crippen molar-refractivity contribution in [3.05, 3.63) is 137 Å². The van der Waals surface area contributed by atoms with E-state index in [0.717, 1.165) is 50.3 Å². The van der Waals surface area contributed by atoms with Gasteiger partial charge in [-0.1, -0.05) is 80.6 Å². The van der Waals surface area contributed by atoms with Gasteiger partial charge in [-0.3, -0.25) is 0 Å². The third kappa shape index (κ3) is 7.04. The Balaban J connectivity index is 0.000000270. The van der Waals surface area contributed by atoms with E-state index in [1.807, 2.05) is 49.5 Å². The van der Waals surface area contributed by atoms with Crippen LogP contribution in [0.5, 0.6) is 0 Å². The van der Waals surface area contributed by atoms with E-state index in [1.165, 1.54) is 33.4 Å². The summed E-state index contributed by atoms with van der Waals surface area (Å²) in [7, 11) is 0. The van der Waals surface area contributed by atoms with Crippen molar-refractivity contribution in [3.63, 3.8) is 0 Å². The zero-order chi connectivity index (χ0) is 33.2. The van der Waals surface area contributed by atoms with Crippen molar-refractivity contribution in [1.29, 1.82) is 0 Å². The summed E-state index contributed by atoms with van der Waals surface area (Å²) in [5.41, 5.74) is 14.7. The van der Waals surface area contributed by atoms with Crippen molar-refractivity contribution >= 4 is 22.1 Å². The number of aryl methyl sites for hydroxylation is 3. The van der Waals surface area contributed by atoms with Crippen LogP contribution in [0.1, 0.15) is 73.0 Å². The van der Waals surface area contributed by atoms with Crippen LogP contribution < -0.4 is 0 Å². The Morgan fingerprint density at radius 3 is 2.02 bits per heavy atom. The van der Waals surface area contributed by atoms with Gasteiger partial charge in [-0.05, 0) is 85.3 Å². The van der Waals surface area contributed by atoms with Crippen molar-refractivity contribution in [1.82, 2.24) is 15.0 Å². The molecule has 0 fully saturated rings. The van der Waals surface area contributed by atoms with Crippen molar-refractivity contribution in [3.8, 4) is 33.8 Å². The summed E-state index contributed by atoms with van der Waals surface area (Å²) >= 11 is 0. The van der Waals surface area contributed by atoms with Gasteiger partial charge in [0.1, 0.15) is 0 Å². The molecule has 0 N–H and O–H groups in total. The van der Waals surface area contributed by atoms with E-state index in [9.17, 15) is 0 Å². The Kier molecular flexibility index (Phi) is 10.7. The molecule has 0 aliphatic heterocycles. The van der Waals surface area contributed by atoms with E-state index in [4.69, 9.17) is 14.4 Å². The van der Waals surface area contributed by atoms with Gasteiger partial charge < -0.3 is 14.4 Å². The number of fused-ring (bicyclic) bond motifs is 3. The van der Waals surface area contributed by atoms with E-state index >= 15 is 0 Å². The van der Waals surface area contributed by atoms with Crippen LogP contribution in [-0.2, 0) is 20.1 Å². The molecule has 7 rings (SSSR count). The van der Waals surface area contributed by atoms with Gasteiger partial charge in [-0.15, -0.1) is 54.1 Å². The number of furan rings is 1. The minimum Gasteiger partial charge on any atom is -0.486 e. The molecule has 0 saturated carbocycles. The molecule has 0 amide bonds. The van der Waals surface area contributed by atoms with E-state index < -0.39 is 0 Å².